The number of rotatable bonds is 4. The van der Waals surface area contributed by atoms with Gasteiger partial charge < -0.3 is 9.47 Å². The van der Waals surface area contributed by atoms with Gasteiger partial charge in [-0.25, -0.2) is 4.98 Å². The Balaban J connectivity index is 1.49. The maximum atomic E-state index is 13.4. The Hall–Kier alpha value is -3.71. The summed E-state index contributed by atoms with van der Waals surface area (Å²) in [6, 6.07) is 24.6. The lowest BCUT2D eigenvalue weighted by molar-refractivity contribution is -0.127. The fourth-order valence-electron chi connectivity index (χ4n) is 3.09. The second-order valence-electron chi connectivity index (χ2n) is 6.63. The first kappa shape index (κ1) is 18.3. The minimum absolute atomic E-state index is 0.109. The van der Waals surface area contributed by atoms with E-state index >= 15 is 0 Å². The molecule has 1 aliphatic rings. The van der Waals surface area contributed by atoms with Gasteiger partial charge in [-0.15, -0.1) is 0 Å². The average Bonchev–Trinajstić information content (AvgIpc) is 3.23. The molecule has 5 rings (SSSR count). The normalized spacial score (nSPS) is 15.4. The molecule has 1 atom stereocenters. The highest BCUT2D eigenvalue weighted by Crippen LogP contribution is 2.33. The van der Waals surface area contributed by atoms with E-state index in [-0.39, 0.29) is 12.5 Å². The standard InChI is InChI=1S/C23H17N3O3S/c27-22(20-15-28-18-11-5-6-12-19(18)29-20)26(24-14-16-8-2-1-3-9-16)23-25-17-10-4-7-13-21(17)30-23/h1-14,20H,15H2/b24-14-/t20-/m1/s1. The predicted octanol–water partition coefficient (Wildman–Crippen LogP) is 4.50. The molecular weight excluding hydrogens is 398 g/mol. The van der Waals surface area contributed by atoms with Crippen molar-refractivity contribution in [2.45, 2.75) is 6.10 Å². The van der Waals surface area contributed by atoms with Gasteiger partial charge >= 0.3 is 0 Å². The van der Waals surface area contributed by atoms with Gasteiger partial charge in [-0.1, -0.05) is 65.9 Å². The number of para-hydroxylation sites is 3. The van der Waals surface area contributed by atoms with Gasteiger partial charge in [0.1, 0.15) is 6.61 Å². The van der Waals surface area contributed by atoms with E-state index in [1.807, 2.05) is 72.8 Å². The van der Waals surface area contributed by atoms with E-state index in [0.717, 1.165) is 15.8 Å². The van der Waals surface area contributed by atoms with Crippen LogP contribution in [0.4, 0.5) is 5.13 Å². The SMILES string of the molecule is O=C([C@H]1COc2ccccc2O1)N(/N=C\c1ccccc1)c1nc2ccccc2s1. The molecule has 148 valence electrons. The number of ether oxygens (including phenoxy) is 2. The first-order valence-electron chi connectivity index (χ1n) is 9.45. The summed E-state index contributed by atoms with van der Waals surface area (Å²) in [6.07, 6.45) is 0.821. The zero-order valence-electron chi connectivity index (χ0n) is 15.8. The monoisotopic (exact) mass is 415 g/mol. The number of hydrogen-bond acceptors (Lipinski definition) is 6. The van der Waals surface area contributed by atoms with Crippen molar-refractivity contribution in [3.63, 3.8) is 0 Å². The van der Waals surface area contributed by atoms with Gasteiger partial charge in [0.2, 0.25) is 11.2 Å². The molecule has 6 nitrogen and oxygen atoms in total. The van der Waals surface area contributed by atoms with E-state index in [2.05, 4.69) is 10.1 Å². The zero-order chi connectivity index (χ0) is 20.3. The Morgan fingerprint density at radius 2 is 1.73 bits per heavy atom. The van der Waals surface area contributed by atoms with E-state index in [1.165, 1.54) is 16.3 Å². The highest BCUT2D eigenvalue weighted by Gasteiger charge is 2.33. The number of benzene rings is 3. The molecule has 0 saturated heterocycles. The molecule has 0 unspecified atom stereocenters. The molecule has 4 aromatic rings. The van der Waals surface area contributed by atoms with Crippen molar-refractivity contribution in [1.82, 2.24) is 4.98 Å². The quantitative estimate of drug-likeness (QED) is 0.364. The van der Waals surface area contributed by atoms with Gasteiger partial charge in [-0.3, -0.25) is 4.79 Å². The van der Waals surface area contributed by atoms with E-state index in [4.69, 9.17) is 9.47 Å². The third kappa shape index (κ3) is 3.62. The van der Waals surface area contributed by atoms with E-state index in [9.17, 15) is 4.79 Å². The second kappa shape index (κ2) is 7.96. The fourth-order valence-corrected chi connectivity index (χ4v) is 4.02. The fraction of sp³-hybridized carbons (Fsp3) is 0.0870. The number of hydrogen-bond donors (Lipinski definition) is 0. The molecule has 1 aliphatic heterocycles. The topological polar surface area (TPSA) is 64.0 Å². The lowest BCUT2D eigenvalue weighted by atomic mass is 10.2. The summed E-state index contributed by atoms with van der Waals surface area (Å²) < 4.78 is 12.6. The number of aromatic nitrogens is 1. The molecule has 3 aromatic carbocycles. The molecule has 30 heavy (non-hydrogen) atoms. The number of carbonyl (C=O) groups excluding carboxylic acids is 1. The highest BCUT2D eigenvalue weighted by molar-refractivity contribution is 7.22. The summed E-state index contributed by atoms with van der Waals surface area (Å²) in [5, 5.41) is 6.25. The molecule has 1 amide bonds. The molecule has 0 bridgehead atoms. The number of fused-ring (bicyclic) bond motifs is 2. The summed E-state index contributed by atoms with van der Waals surface area (Å²) in [6.45, 7) is 0.109. The van der Waals surface area contributed by atoms with Crippen molar-refractivity contribution in [3.8, 4) is 11.5 Å². The molecule has 0 fully saturated rings. The zero-order valence-corrected chi connectivity index (χ0v) is 16.7. The number of nitrogens with zero attached hydrogens (tertiary/aromatic N) is 3. The minimum Gasteiger partial charge on any atom is -0.485 e. The van der Waals surface area contributed by atoms with Crippen molar-refractivity contribution in [2.24, 2.45) is 5.10 Å². The molecule has 0 N–H and O–H groups in total. The summed E-state index contributed by atoms with van der Waals surface area (Å²) in [5.74, 6) is 0.829. The van der Waals surface area contributed by atoms with Gasteiger partial charge in [-0.2, -0.15) is 10.1 Å². The maximum Gasteiger partial charge on any atom is 0.294 e. The third-order valence-electron chi connectivity index (χ3n) is 4.58. The average molecular weight is 415 g/mol. The van der Waals surface area contributed by atoms with Crippen LogP contribution in [-0.2, 0) is 4.79 Å². The number of carbonyl (C=O) groups is 1. The Morgan fingerprint density at radius 3 is 2.57 bits per heavy atom. The second-order valence-corrected chi connectivity index (χ2v) is 7.64. The molecule has 0 radical (unpaired) electrons. The van der Waals surface area contributed by atoms with Gasteiger partial charge in [0.05, 0.1) is 16.4 Å². The molecule has 7 heteroatoms. The Labute approximate surface area is 177 Å². The van der Waals surface area contributed by atoms with Crippen LogP contribution in [0.1, 0.15) is 5.56 Å². The molecule has 0 aliphatic carbocycles. The maximum absolute atomic E-state index is 13.4. The molecule has 0 spiro atoms. The van der Waals surface area contributed by atoms with Gasteiger partial charge in [0.15, 0.2) is 11.5 Å². The van der Waals surface area contributed by atoms with Gasteiger partial charge in [0, 0.05) is 0 Å². The van der Waals surface area contributed by atoms with Crippen LogP contribution in [0.5, 0.6) is 11.5 Å². The number of hydrazone groups is 1. The van der Waals surface area contributed by atoms with Crippen molar-refractivity contribution in [2.75, 3.05) is 11.6 Å². The van der Waals surface area contributed by atoms with Crippen molar-refractivity contribution in [3.05, 3.63) is 84.4 Å². The van der Waals surface area contributed by atoms with Crippen LogP contribution in [0.25, 0.3) is 10.2 Å². The Morgan fingerprint density at radius 1 is 1.00 bits per heavy atom. The van der Waals surface area contributed by atoms with Crippen LogP contribution in [0.2, 0.25) is 0 Å². The van der Waals surface area contributed by atoms with Crippen LogP contribution in [0.15, 0.2) is 84.0 Å². The number of thiazole rings is 1. The minimum atomic E-state index is -0.820. The van der Waals surface area contributed by atoms with Crippen LogP contribution in [0, 0.1) is 0 Å². The number of amides is 1. The summed E-state index contributed by atoms with van der Waals surface area (Å²) in [4.78, 5) is 18.0. The van der Waals surface area contributed by atoms with Crippen molar-refractivity contribution >= 4 is 38.8 Å². The smallest absolute Gasteiger partial charge is 0.294 e. The largest absolute Gasteiger partial charge is 0.485 e. The highest BCUT2D eigenvalue weighted by atomic mass is 32.1. The van der Waals surface area contributed by atoms with Crippen LogP contribution in [-0.4, -0.2) is 29.8 Å². The van der Waals surface area contributed by atoms with E-state index < -0.39 is 6.10 Å². The number of anilines is 1. The predicted molar refractivity (Wildman–Crippen MR) is 117 cm³/mol. The van der Waals surface area contributed by atoms with Gasteiger partial charge in [-0.05, 0) is 29.8 Å². The molecule has 1 aromatic heterocycles. The van der Waals surface area contributed by atoms with Crippen LogP contribution < -0.4 is 14.5 Å². The van der Waals surface area contributed by atoms with Crippen LogP contribution in [0.3, 0.4) is 0 Å². The third-order valence-corrected chi connectivity index (χ3v) is 5.59. The summed E-state index contributed by atoms with van der Waals surface area (Å²) in [7, 11) is 0. The molecule has 0 saturated carbocycles. The first-order valence-corrected chi connectivity index (χ1v) is 10.3. The summed E-state index contributed by atoms with van der Waals surface area (Å²) >= 11 is 1.40. The van der Waals surface area contributed by atoms with Gasteiger partial charge in [0.25, 0.3) is 5.91 Å². The van der Waals surface area contributed by atoms with Crippen LogP contribution >= 0.6 is 11.3 Å². The Bertz CT molecular complexity index is 1190. The Kier molecular flexibility index (Phi) is 4.86. The molecular formula is C23H17N3O3S. The first-order chi connectivity index (χ1) is 14.8. The van der Waals surface area contributed by atoms with E-state index in [0.29, 0.717) is 16.6 Å². The van der Waals surface area contributed by atoms with E-state index in [1.54, 1.807) is 12.3 Å². The lowest BCUT2D eigenvalue weighted by Gasteiger charge is -2.27. The summed E-state index contributed by atoms with van der Waals surface area (Å²) in [5.41, 5.74) is 1.69. The van der Waals surface area contributed by atoms with Crippen molar-refractivity contribution < 1.29 is 14.3 Å². The lowest BCUT2D eigenvalue weighted by Crippen LogP contribution is -2.44. The molecule has 2 heterocycles. The van der Waals surface area contributed by atoms with Crippen molar-refractivity contribution in [1.29, 1.82) is 0 Å².